The molecule has 0 bridgehead atoms. The number of nitrogens with one attached hydrogen (secondary N) is 2. The summed E-state index contributed by atoms with van der Waals surface area (Å²) in [6, 6.07) is 16.6. The second-order valence-corrected chi connectivity index (χ2v) is 6.33. The Morgan fingerprint density at radius 2 is 1.48 bits per heavy atom. The van der Waals surface area contributed by atoms with Gasteiger partial charge < -0.3 is 20.3 Å². The topological polar surface area (TPSA) is 48.9 Å². The van der Waals surface area contributed by atoms with Gasteiger partial charge in [0, 0.05) is 32.2 Å². The highest BCUT2D eigenvalue weighted by atomic mass is 127. The first-order chi connectivity index (χ1) is 12.6. The molecule has 0 unspecified atom stereocenters. The summed E-state index contributed by atoms with van der Waals surface area (Å²) >= 11 is 0. The highest BCUT2D eigenvalue weighted by molar-refractivity contribution is 14.0. The van der Waals surface area contributed by atoms with Crippen molar-refractivity contribution >= 4 is 29.9 Å². The van der Waals surface area contributed by atoms with Gasteiger partial charge in [0.25, 0.3) is 0 Å². The smallest absolute Gasteiger partial charge is 0.191 e. The van der Waals surface area contributed by atoms with Gasteiger partial charge in [0.1, 0.15) is 5.75 Å². The summed E-state index contributed by atoms with van der Waals surface area (Å²) in [6.07, 6.45) is 0. The zero-order valence-electron chi connectivity index (χ0n) is 16.7. The Labute approximate surface area is 180 Å². The minimum Gasteiger partial charge on any atom is -0.494 e. The molecule has 0 aliphatic heterocycles. The van der Waals surface area contributed by atoms with E-state index in [2.05, 4.69) is 65.0 Å². The Hall–Kier alpha value is -1.80. The molecule has 148 valence electrons. The first kappa shape index (κ1) is 23.2. The van der Waals surface area contributed by atoms with Gasteiger partial charge in [-0.1, -0.05) is 42.5 Å². The van der Waals surface area contributed by atoms with Gasteiger partial charge in [0.2, 0.25) is 0 Å². The van der Waals surface area contributed by atoms with Crippen LogP contribution in [0.5, 0.6) is 5.75 Å². The third kappa shape index (κ3) is 7.76. The van der Waals surface area contributed by atoms with Crippen LogP contribution in [-0.2, 0) is 19.6 Å². The molecule has 0 aliphatic rings. The number of benzene rings is 2. The lowest BCUT2D eigenvalue weighted by molar-refractivity contribution is 0.336. The molecule has 0 saturated carbocycles. The van der Waals surface area contributed by atoms with Gasteiger partial charge in [0.05, 0.1) is 6.61 Å². The van der Waals surface area contributed by atoms with Crippen molar-refractivity contribution in [3.8, 4) is 5.75 Å². The molecule has 0 radical (unpaired) electrons. The molecule has 2 aromatic rings. The lowest BCUT2D eigenvalue weighted by atomic mass is 10.1. The van der Waals surface area contributed by atoms with Gasteiger partial charge in [-0.25, -0.2) is 0 Å². The number of hydrogen-bond acceptors (Lipinski definition) is 3. The summed E-state index contributed by atoms with van der Waals surface area (Å²) in [5, 5.41) is 6.76. The van der Waals surface area contributed by atoms with Crippen LogP contribution in [0.4, 0.5) is 0 Å². The summed E-state index contributed by atoms with van der Waals surface area (Å²) in [5.41, 5.74) is 3.71. The van der Waals surface area contributed by atoms with Crippen LogP contribution in [0.1, 0.15) is 23.6 Å². The predicted molar refractivity (Wildman–Crippen MR) is 124 cm³/mol. The van der Waals surface area contributed by atoms with Crippen LogP contribution in [0.3, 0.4) is 0 Å². The van der Waals surface area contributed by atoms with Crippen molar-refractivity contribution in [2.24, 2.45) is 4.99 Å². The number of nitrogens with zero attached hydrogens (tertiary/aromatic N) is 2. The maximum absolute atomic E-state index is 5.68. The van der Waals surface area contributed by atoms with Gasteiger partial charge in [-0.15, -0.1) is 24.0 Å². The highest BCUT2D eigenvalue weighted by Crippen LogP contribution is 2.17. The first-order valence-corrected chi connectivity index (χ1v) is 9.00. The molecule has 2 N–H and O–H groups in total. The van der Waals surface area contributed by atoms with E-state index < -0.39 is 0 Å². The molecule has 5 nitrogen and oxygen atoms in total. The third-order valence-electron chi connectivity index (χ3n) is 3.99. The number of guanidine groups is 1. The van der Waals surface area contributed by atoms with Crippen molar-refractivity contribution in [1.29, 1.82) is 0 Å². The van der Waals surface area contributed by atoms with Crippen LogP contribution >= 0.6 is 24.0 Å². The second kappa shape index (κ2) is 12.6. The zero-order chi connectivity index (χ0) is 18.8. The van der Waals surface area contributed by atoms with Crippen molar-refractivity contribution in [2.75, 3.05) is 27.7 Å². The van der Waals surface area contributed by atoms with Crippen LogP contribution in [0, 0.1) is 0 Å². The minimum absolute atomic E-state index is 0. The molecule has 0 atom stereocenters. The molecule has 27 heavy (non-hydrogen) atoms. The summed E-state index contributed by atoms with van der Waals surface area (Å²) in [5.74, 6) is 1.69. The van der Waals surface area contributed by atoms with E-state index in [1.165, 1.54) is 11.1 Å². The Kier molecular flexibility index (Phi) is 10.8. The molecule has 0 aromatic heterocycles. The van der Waals surface area contributed by atoms with Gasteiger partial charge in [-0.2, -0.15) is 0 Å². The van der Waals surface area contributed by atoms with E-state index in [-0.39, 0.29) is 24.0 Å². The fraction of sp³-hybridized carbons (Fsp3) is 0.381. The quantitative estimate of drug-likeness (QED) is 0.343. The lowest BCUT2D eigenvalue weighted by Crippen LogP contribution is -2.36. The van der Waals surface area contributed by atoms with Gasteiger partial charge in [-0.05, 0) is 38.2 Å². The standard InChI is InChI=1S/C21H30N4O.HI/c1-5-26-20-13-9-8-11-18(20)15-24-21(22-2)23-14-17-10-6-7-12-19(17)16-25(3)4;/h6-13H,5,14-16H2,1-4H3,(H2,22,23,24);1H. The molecule has 0 amide bonds. The van der Waals surface area contributed by atoms with E-state index in [1.54, 1.807) is 7.05 Å². The summed E-state index contributed by atoms with van der Waals surface area (Å²) in [6.45, 7) is 4.97. The van der Waals surface area contributed by atoms with Crippen molar-refractivity contribution in [3.05, 3.63) is 65.2 Å². The predicted octanol–water partition coefficient (Wildman–Crippen LogP) is 3.63. The maximum Gasteiger partial charge on any atom is 0.191 e. The average Bonchev–Trinajstić information content (AvgIpc) is 2.64. The number of aliphatic imine (C=N–C) groups is 1. The first-order valence-electron chi connectivity index (χ1n) is 9.00. The Morgan fingerprint density at radius 1 is 0.926 bits per heavy atom. The maximum atomic E-state index is 5.68. The van der Waals surface area contributed by atoms with E-state index in [0.29, 0.717) is 13.2 Å². The van der Waals surface area contributed by atoms with Crippen molar-refractivity contribution < 1.29 is 4.74 Å². The fourth-order valence-electron chi connectivity index (χ4n) is 2.75. The number of halogens is 1. The van der Waals surface area contributed by atoms with E-state index in [1.807, 2.05) is 25.1 Å². The van der Waals surface area contributed by atoms with Crippen LogP contribution in [0.2, 0.25) is 0 Å². The molecule has 2 aromatic carbocycles. The Morgan fingerprint density at radius 3 is 2.07 bits per heavy atom. The van der Waals surface area contributed by atoms with E-state index in [9.17, 15) is 0 Å². The lowest BCUT2D eigenvalue weighted by Gasteiger charge is -2.17. The minimum atomic E-state index is 0. The van der Waals surface area contributed by atoms with Crippen molar-refractivity contribution in [2.45, 2.75) is 26.6 Å². The highest BCUT2D eigenvalue weighted by Gasteiger charge is 2.06. The van der Waals surface area contributed by atoms with Gasteiger partial charge in [-0.3, -0.25) is 4.99 Å². The molecular weight excluding hydrogens is 451 g/mol. The molecule has 0 spiro atoms. The molecule has 6 heteroatoms. The Bertz CT molecular complexity index is 719. The number of rotatable bonds is 8. The van der Waals surface area contributed by atoms with Crippen LogP contribution in [-0.4, -0.2) is 38.6 Å². The molecule has 0 heterocycles. The number of hydrogen-bond donors (Lipinski definition) is 2. The fourth-order valence-corrected chi connectivity index (χ4v) is 2.75. The van der Waals surface area contributed by atoms with Crippen LogP contribution in [0.25, 0.3) is 0 Å². The molecule has 0 aliphatic carbocycles. The second-order valence-electron chi connectivity index (χ2n) is 6.33. The summed E-state index contributed by atoms with van der Waals surface area (Å²) in [4.78, 5) is 6.50. The third-order valence-corrected chi connectivity index (χ3v) is 3.99. The van der Waals surface area contributed by atoms with Crippen molar-refractivity contribution in [3.63, 3.8) is 0 Å². The average molecular weight is 482 g/mol. The van der Waals surface area contributed by atoms with Gasteiger partial charge >= 0.3 is 0 Å². The van der Waals surface area contributed by atoms with E-state index in [4.69, 9.17) is 4.74 Å². The van der Waals surface area contributed by atoms with Crippen molar-refractivity contribution in [1.82, 2.24) is 15.5 Å². The van der Waals surface area contributed by atoms with E-state index >= 15 is 0 Å². The Balaban J connectivity index is 0.00000364. The molecular formula is C21H31IN4O. The number of ether oxygens (including phenoxy) is 1. The molecule has 2 rings (SSSR count). The van der Waals surface area contributed by atoms with E-state index in [0.717, 1.165) is 30.4 Å². The normalized spacial score (nSPS) is 11.1. The largest absolute Gasteiger partial charge is 0.494 e. The summed E-state index contributed by atoms with van der Waals surface area (Å²) < 4.78 is 5.68. The van der Waals surface area contributed by atoms with Crippen LogP contribution < -0.4 is 15.4 Å². The van der Waals surface area contributed by atoms with Crippen LogP contribution in [0.15, 0.2) is 53.5 Å². The molecule has 0 fully saturated rings. The SMILES string of the molecule is CCOc1ccccc1CNC(=NC)NCc1ccccc1CN(C)C.I. The molecule has 0 saturated heterocycles. The summed E-state index contributed by atoms with van der Waals surface area (Å²) in [7, 11) is 5.95. The zero-order valence-corrected chi connectivity index (χ0v) is 19.0. The number of para-hydroxylation sites is 1. The monoisotopic (exact) mass is 482 g/mol. The van der Waals surface area contributed by atoms with Gasteiger partial charge in [0.15, 0.2) is 5.96 Å².